The van der Waals surface area contributed by atoms with Crippen LogP contribution < -0.4 is 5.73 Å². The Morgan fingerprint density at radius 2 is 2.06 bits per heavy atom. The van der Waals surface area contributed by atoms with Gasteiger partial charge >= 0.3 is 0 Å². The summed E-state index contributed by atoms with van der Waals surface area (Å²) in [6.45, 7) is 7.07. The van der Waals surface area contributed by atoms with E-state index in [0.717, 1.165) is 17.7 Å². The first-order chi connectivity index (χ1) is 7.44. The van der Waals surface area contributed by atoms with Gasteiger partial charge in [-0.3, -0.25) is 4.79 Å². The lowest BCUT2D eigenvalue weighted by molar-refractivity contribution is 0.0965. The van der Waals surface area contributed by atoms with Gasteiger partial charge in [-0.05, 0) is 43.9 Å². The molecule has 0 radical (unpaired) electrons. The number of Topliss-reactive ketones (excluding diaryl/α,β-unsaturated/α-hetero) is 1. The fraction of sp³-hybridized carbons (Fsp3) is 0.615. The average Bonchev–Trinajstić information content (AvgIpc) is 2.61. The smallest absolute Gasteiger partial charge is 0.172 e. The van der Waals surface area contributed by atoms with E-state index >= 15 is 0 Å². The largest absolute Gasteiger partial charge is 0.330 e. The maximum absolute atomic E-state index is 11.9. The number of ketones is 1. The Morgan fingerprint density at radius 3 is 2.56 bits per heavy atom. The quantitative estimate of drug-likeness (QED) is 0.773. The Hall–Kier alpha value is -0.670. The average molecular weight is 239 g/mol. The molecule has 1 rings (SSSR count). The van der Waals surface area contributed by atoms with Crippen molar-refractivity contribution in [2.45, 2.75) is 40.0 Å². The lowest BCUT2D eigenvalue weighted by atomic mass is 9.83. The third-order valence-electron chi connectivity index (χ3n) is 2.87. The van der Waals surface area contributed by atoms with Gasteiger partial charge in [-0.1, -0.05) is 13.8 Å². The van der Waals surface area contributed by atoms with Gasteiger partial charge in [0, 0.05) is 11.3 Å². The predicted octanol–water partition coefficient (Wildman–Crippen LogP) is 3.39. The molecule has 0 fully saturated rings. The van der Waals surface area contributed by atoms with Crippen LogP contribution in [0.4, 0.5) is 0 Å². The zero-order valence-corrected chi connectivity index (χ0v) is 11.2. The predicted molar refractivity (Wildman–Crippen MR) is 70.1 cm³/mol. The number of carbonyl (C=O) groups is 1. The van der Waals surface area contributed by atoms with E-state index in [1.54, 1.807) is 11.3 Å². The van der Waals surface area contributed by atoms with E-state index in [9.17, 15) is 4.79 Å². The number of hydrogen-bond donors (Lipinski definition) is 1. The van der Waals surface area contributed by atoms with Crippen LogP contribution in [0.25, 0.3) is 0 Å². The third kappa shape index (κ3) is 4.06. The van der Waals surface area contributed by atoms with Crippen molar-refractivity contribution in [2.75, 3.05) is 6.54 Å². The van der Waals surface area contributed by atoms with Crippen LogP contribution in [0.2, 0.25) is 0 Å². The van der Waals surface area contributed by atoms with Crippen LogP contribution >= 0.6 is 11.3 Å². The summed E-state index contributed by atoms with van der Waals surface area (Å²) in [6.07, 6.45) is 2.52. The van der Waals surface area contributed by atoms with Gasteiger partial charge in [-0.15, -0.1) is 11.3 Å². The second-order valence-corrected chi connectivity index (χ2v) is 6.32. The summed E-state index contributed by atoms with van der Waals surface area (Å²) in [5, 5.41) is 0. The monoisotopic (exact) mass is 239 g/mol. The first-order valence-corrected chi connectivity index (χ1v) is 6.56. The molecule has 0 saturated carbocycles. The van der Waals surface area contributed by atoms with Crippen molar-refractivity contribution in [2.24, 2.45) is 11.1 Å². The molecular formula is C13H21NOS. The number of hydrogen-bond acceptors (Lipinski definition) is 3. The molecule has 0 aliphatic heterocycles. The van der Waals surface area contributed by atoms with Gasteiger partial charge in [0.25, 0.3) is 0 Å². The standard InChI is InChI=1S/C13H21NOS/c1-10-4-5-12(16-10)11(15)6-7-13(2,3)8-9-14/h4-5H,6-9,14H2,1-3H3. The Morgan fingerprint density at radius 1 is 1.38 bits per heavy atom. The van der Waals surface area contributed by atoms with E-state index in [0.29, 0.717) is 13.0 Å². The topological polar surface area (TPSA) is 43.1 Å². The number of thiophene rings is 1. The van der Waals surface area contributed by atoms with Crippen LogP contribution in [0.5, 0.6) is 0 Å². The van der Waals surface area contributed by atoms with Crippen molar-refractivity contribution in [1.82, 2.24) is 0 Å². The normalized spacial score (nSPS) is 11.8. The molecule has 0 unspecified atom stereocenters. The van der Waals surface area contributed by atoms with Crippen molar-refractivity contribution in [3.05, 3.63) is 21.9 Å². The molecule has 0 aliphatic rings. The molecule has 2 N–H and O–H groups in total. The second kappa shape index (κ2) is 5.60. The van der Waals surface area contributed by atoms with E-state index in [-0.39, 0.29) is 11.2 Å². The molecule has 1 heterocycles. The van der Waals surface area contributed by atoms with Gasteiger partial charge in [0.2, 0.25) is 0 Å². The van der Waals surface area contributed by atoms with Crippen LogP contribution in [-0.2, 0) is 0 Å². The van der Waals surface area contributed by atoms with Crippen molar-refractivity contribution in [3.63, 3.8) is 0 Å². The molecule has 90 valence electrons. The molecule has 0 amide bonds. The zero-order valence-electron chi connectivity index (χ0n) is 10.4. The molecule has 0 atom stereocenters. The van der Waals surface area contributed by atoms with E-state index in [2.05, 4.69) is 13.8 Å². The fourth-order valence-electron chi connectivity index (χ4n) is 1.68. The zero-order chi connectivity index (χ0) is 12.2. The highest BCUT2D eigenvalue weighted by molar-refractivity contribution is 7.14. The minimum atomic E-state index is 0.177. The van der Waals surface area contributed by atoms with Crippen molar-refractivity contribution >= 4 is 17.1 Å². The Balaban J connectivity index is 2.47. The summed E-state index contributed by atoms with van der Waals surface area (Å²) >= 11 is 1.59. The summed E-state index contributed by atoms with van der Waals surface area (Å²) in [5.41, 5.74) is 5.73. The van der Waals surface area contributed by atoms with Crippen LogP contribution in [-0.4, -0.2) is 12.3 Å². The molecule has 0 aliphatic carbocycles. The number of nitrogens with two attached hydrogens (primary N) is 1. The number of rotatable bonds is 6. The number of carbonyl (C=O) groups excluding carboxylic acids is 1. The number of aryl methyl sites for hydroxylation is 1. The molecule has 0 aromatic carbocycles. The minimum Gasteiger partial charge on any atom is -0.330 e. The molecule has 0 bridgehead atoms. The van der Waals surface area contributed by atoms with E-state index < -0.39 is 0 Å². The van der Waals surface area contributed by atoms with Gasteiger partial charge in [0.1, 0.15) is 0 Å². The Kier molecular flexibility index (Phi) is 4.69. The van der Waals surface area contributed by atoms with Crippen molar-refractivity contribution in [1.29, 1.82) is 0 Å². The van der Waals surface area contributed by atoms with E-state index in [1.165, 1.54) is 4.88 Å². The Bertz CT molecular complexity index is 355. The molecule has 1 aromatic rings. The summed E-state index contributed by atoms with van der Waals surface area (Å²) in [4.78, 5) is 14.0. The Labute approximate surface area is 102 Å². The minimum absolute atomic E-state index is 0.177. The van der Waals surface area contributed by atoms with Crippen LogP contribution in [0.3, 0.4) is 0 Å². The lowest BCUT2D eigenvalue weighted by Crippen LogP contribution is -2.18. The molecule has 16 heavy (non-hydrogen) atoms. The van der Waals surface area contributed by atoms with Gasteiger partial charge in [0.15, 0.2) is 5.78 Å². The summed E-state index contributed by atoms with van der Waals surface area (Å²) in [5.74, 6) is 0.267. The van der Waals surface area contributed by atoms with Gasteiger partial charge in [-0.25, -0.2) is 0 Å². The third-order valence-corrected chi connectivity index (χ3v) is 3.91. The van der Waals surface area contributed by atoms with E-state index in [4.69, 9.17) is 5.73 Å². The van der Waals surface area contributed by atoms with Crippen molar-refractivity contribution < 1.29 is 4.79 Å². The fourth-order valence-corrected chi connectivity index (χ4v) is 2.51. The van der Waals surface area contributed by atoms with Gasteiger partial charge in [-0.2, -0.15) is 0 Å². The van der Waals surface area contributed by atoms with Crippen molar-refractivity contribution in [3.8, 4) is 0 Å². The van der Waals surface area contributed by atoms with Gasteiger partial charge in [0.05, 0.1) is 4.88 Å². The maximum Gasteiger partial charge on any atom is 0.172 e. The summed E-state index contributed by atoms with van der Waals surface area (Å²) in [6, 6.07) is 3.93. The SMILES string of the molecule is Cc1ccc(C(=O)CCC(C)(C)CCN)s1. The molecular weight excluding hydrogens is 218 g/mol. The first-order valence-electron chi connectivity index (χ1n) is 5.74. The highest BCUT2D eigenvalue weighted by Gasteiger charge is 2.19. The van der Waals surface area contributed by atoms with E-state index in [1.807, 2.05) is 19.1 Å². The molecule has 0 saturated heterocycles. The van der Waals surface area contributed by atoms with Crippen LogP contribution in [0.15, 0.2) is 12.1 Å². The summed E-state index contributed by atoms with van der Waals surface area (Å²) < 4.78 is 0. The second-order valence-electron chi connectivity index (χ2n) is 5.04. The lowest BCUT2D eigenvalue weighted by Gasteiger charge is -2.23. The van der Waals surface area contributed by atoms with Crippen LogP contribution in [0, 0.1) is 12.3 Å². The molecule has 0 spiro atoms. The highest BCUT2D eigenvalue weighted by Crippen LogP contribution is 2.27. The molecule has 1 aromatic heterocycles. The van der Waals surface area contributed by atoms with Crippen LogP contribution in [0.1, 0.15) is 47.7 Å². The maximum atomic E-state index is 11.9. The molecule has 3 heteroatoms. The highest BCUT2D eigenvalue weighted by atomic mass is 32.1. The first kappa shape index (κ1) is 13.4. The summed E-state index contributed by atoms with van der Waals surface area (Å²) in [7, 11) is 0. The van der Waals surface area contributed by atoms with Gasteiger partial charge < -0.3 is 5.73 Å². The molecule has 2 nitrogen and oxygen atoms in total.